The number of carbonyl (C=O) groups excluding carboxylic acids is 1. The van der Waals surface area contributed by atoms with E-state index in [0.717, 1.165) is 67.4 Å². The lowest BCUT2D eigenvalue weighted by Crippen LogP contribution is -2.34. The topological polar surface area (TPSA) is 60.5 Å². The first-order chi connectivity index (χ1) is 15.6. The van der Waals surface area contributed by atoms with Gasteiger partial charge in [0.15, 0.2) is 5.58 Å². The minimum atomic E-state index is -0.302. The molecule has 166 valence electrons. The highest BCUT2D eigenvalue weighted by molar-refractivity contribution is 6.04. The number of carbonyl (C=O) groups is 1. The highest BCUT2D eigenvalue weighted by Gasteiger charge is 2.25. The van der Waals surface area contributed by atoms with Gasteiger partial charge in [-0.2, -0.15) is 0 Å². The van der Waals surface area contributed by atoms with Crippen LogP contribution < -0.4 is 0 Å². The molecule has 0 unspecified atom stereocenters. The zero-order valence-electron chi connectivity index (χ0n) is 18.1. The summed E-state index contributed by atoms with van der Waals surface area (Å²) in [6.45, 7) is 3.84. The summed E-state index contributed by atoms with van der Waals surface area (Å²) >= 11 is 0. The molecule has 2 aromatic heterocycles. The Balaban J connectivity index is 1.18. The Bertz CT molecular complexity index is 1250. The predicted octanol–water partition coefficient (Wildman–Crippen LogP) is 4.98. The smallest absolute Gasteiger partial charge is 0.340 e. The predicted molar refractivity (Wildman–Crippen MR) is 120 cm³/mol. The molecule has 4 aromatic rings. The van der Waals surface area contributed by atoms with Gasteiger partial charge >= 0.3 is 5.97 Å². The van der Waals surface area contributed by atoms with Crippen molar-refractivity contribution in [2.45, 2.75) is 31.7 Å². The average molecular weight is 435 g/mol. The van der Waals surface area contributed by atoms with Crippen LogP contribution in [0.3, 0.4) is 0 Å². The molecule has 1 aliphatic rings. The number of benzene rings is 2. The number of likely N-dealkylation sites (tertiary alicyclic amines) is 1. The van der Waals surface area contributed by atoms with Gasteiger partial charge in [-0.1, -0.05) is 23.4 Å². The molecule has 0 N–H and O–H groups in total. The van der Waals surface area contributed by atoms with Crippen molar-refractivity contribution in [2.75, 3.05) is 26.7 Å². The standard InChI is InChI=1S/C25H26FN3O3/c1-31-25(30)21-16-29(22-6-3-2-5-19(21)22)12-4-11-28-13-9-17(10-14-28)24-20-8-7-18(26)15-23(20)32-27-24/h2-3,5-8,15-17H,4,9-14H2,1H3. The van der Waals surface area contributed by atoms with Crippen LogP contribution in [0.5, 0.6) is 0 Å². The lowest BCUT2D eigenvalue weighted by Gasteiger charge is -2.31. The van der Waals surface area contributed by atoms with Gasteiger partial charge in [-0.25, -0.2) is 9.18 Å². The fourth-order valence-corrected chi connectivity index (χ4v) is 4.82. The molecule has 32 heavy (non-hydrogen) atoms. The zero-order valence-corrected chi connectivity index (χ0v) is 18.1. The highest BCUT2D eigenvalue weighted by atomic mass is 19.1. The van der Waals surface area contributed by atoms with Gasteiger partial charge < -0.3 is 18.7 Å². The van der Waals surface area contributed by atoms with Crippen LogP contribution in [-0.2, 0) is 11.3 Å². The molecule has 7 heteroatoms. The van der Waals surface area contributed by atoms with E-state index in [0.29, 0.717) is 17.1 Å². The number of hydrogen-bond acceptors (Lipinski definition) is 5. The van der Waals surface area contributed by atoms with E-state index in [1.807, 2.05) is 30.5 Å². The molecule has 1 fully saturated rings. The number of piperidine rings is 1. The molecule has 6 nitrogen and oxygen atoms in total. The molecule has 0 aliphatic carbocycles. The summed E-state index contributed by atoms with van der Waals surface area (Å²) in [7, 11) is 1.41. The monoisotopic (exact) mass is 435 g/mol. The molecule has 0 amide bonds. The molecule has 0 radical (unpaired) electrons. The van der Waals surface area contributed by atoms with E-state index in [9.17, 15) is 9.18 Å². The second kappa shape index (κ2) is 8.74. The zero-order chi connectivity index (χ0) is 22.1. The third-order valence-corrected chi connectivity index (χ3v) is 6.50. The van der Waals surface area contributed by atoms with Gasteiger partial charge in [0, 0.05) is 41.0 Å². The second-order valence-electron chi connectivity index (χ2n) is 8.42. The number of aromatic nitrogens is 2. The van der Waals surface area contributed by atoms with Gasteiger partial charge in [-0.05, 0) is 57.1 Å². The quantitative estimate of drug-likeness (QED) is 0.400. The van der Waals surface area contributed by atoms with E-state index >= 15 is 0 Å². The van der Waals surface area contributed by atoms with Gasteiger partial charge in [0.1, 0.15) is 5.82 Å². The van der Waals surface area contributed by atoms with Crippen molar-refractivity contribution in [3.63, 3.8) is 0 Å². The van der Waals surface area contributed by atoms with Gasteiger partial charge in [0.2, 0.25) is 0 Å². The summed E-state index contributed by atoms with van der Waals surface area (Å²) in [5, 5.41) is 6.09. The Kier molecular flexibility index (Phi) is 5.66. The van der Waals surface area contributed by atoms with E-state index in [4.69, 9.17) is 9.26 Å². The maximum absolute atomic E-state index is 13.4. The van der Waals surface area contributed by atoms with E-state index in [-0.39, 0.29) is 11.8 Å². The first-order valence-corrected chi connectivity index (χ1v) is 11.1. The molecule has 2 aromatic carbocycles. The molecular weight excluding hydrogens is 409 g/mol. The number of methoxy groups -OCH3 is 1. The lowest BCUT2D eigenvalue weighted by atomic mass is 9.91. The summed E-state index contributed by atoms with van der Waals surface area (Å²) in [5.41, 5.74) is 3.14. The third kappa shape index (κ3) is 3.88. The first-order valence-electron chi connectivity index (χ1n) is 11.1. The highest BCUT2D eigenvalue weighted by Crippen LogP contribution is 2.33. The van der Waals surface area contributed by atoms with Crippen LogP contribution in [0.1, 0.15) is 41.2 Å². The summed E-state index contributed by atoms with van der Waals surface area (Å²) in [5.74, 6) is -0.261. The van der Waals surface area contributed by atoms with Crippen molar-refractivity contribution < 1.29 is 18.4 Å². The number of para-hydroxylation sites is 1. The number of nitrogens with zero attached hydrogens (tertiary/aromatic N) is 3. The number of fused-ring (bicyclic) bond motifs is 2. The van der Waals surface area contributed by atoms with Crippen LogP contribution in [-0.4, -0.2) is 47.3 Å². The molecule has 3 heterocycles. The number of ether oxygens (including phenoxy) is 1. The van der Waals surface area contributed by atoms with Gasteiger partial charge in [-0.15, -0.1) is 0 Å². The van der Waals surface area contributed by atoms with E-state index < -0.39 is 0 Å². The van der Waals surface area contributed by atoms with E-state index in [2.05, 4.69) is 14.6 Å². The van der Waals surface area contributed by atoms with Crippen molar-refractivity contribution in [3.05, 3.63) is 65.7 Å². The van der Waals surface area contributed by atoms with E-state index in [1.165, 1.54) is 19.2 Å². The minimum Gasteiger partial charge on any atom is -0.465 e. The average Bonchev–Trinajstić information content (AvgIpc) is 3.40. The fraction of sp³-hybridized carbons (Fsp3) is 0.360. The number of hydrogen-bond donors (Lipinski definition) is 0. The van der Waals surface area contributed by atoms with Crippen molar-refractivity contribution in [1.29, 1.82) is 0 Å². The fourth-order valence-electron chi connectivity index (χ4n) is 4.82. The summed E-state index contributed by atoms with van der Waals surface area (Å²) in [6, 6.07) is 12.6. The number of esters is 1. The Morgan fingerprint density at radius 1 is 1.16 bits per heavy atom. The molecule has 0 atom stereocenters. The van der Waals surface area contributed by atoms with Crippen LogP contribution in [0, 0.1) is 5.82 Å². The SMILES string of the molecule is COC(=O)c1cn(CCCN2CCC(c3noc4cc(F)ccc34)CC2)c2ccccc12. The molecule has 1 saturated heterocycles. The molecule has 5 rings (SSSR count). The molecular formula is C25H26FN3O3. The van der Waals surface area contributed by atoms with Crippen molar-refractivity contribution in [3.8, 4) is 0 Å². The molecule has 0 bridgehead atoms. The van der Waals surface area contributed by atoms with Crippen LogP contribution in [0.15, 0.2) is 53.2 Å². The van der Waals surface area contributed by atoms with E-state index in [1.54, 1.807) is 6.07 Å². The Morgan fingerprint density at radius 2 is 1.97 bits per heavy atom. The van der Waals surface area contributed by atoms with Gasteiger partial charge in [-0.3, -0.25) is 0 Å². The number of rotatable bonds is 6. The molecule has 1 aliphatic heterocycles. The van der Waals surface area contributed by atoms with Crippen molar-refractivity contribution in [2.24, 2.45) is 0 Å². The van der Waals surface area contributed by atoms with Crippen LogP contribution >= 0.6 is 0 Å². The number of halogens is 1. The maximum Gasteiger partial charge on any atom is 0.340 e. The molecule has 0 saturated carbocycles. The van der Waals surface area contributed by atoms with Crippen LogP contribution in [0.25, 0.3) is 21.9 Å². The van der Waals surface area contributed by atoms with Crippen molar-refractivity contribution >= 4 is 27.8 Å². The van der Waals surface area contributed by atoms with Crippen molar-refractivity contribution in [1.82, 2.24) is 14.6 Å². The summed E-state index contributed by atoms with van der Waals surface area (Å²) in [6.07, 6.45) is 4.92. The second-order valence-corrected chi connectivity index (χ2v) is 8.42. The maximum atomic E-state index is 13.4. The first kappa shape index (κ1) is 20.7. The van der Waals surface area contributed by atoms with Crippen LogP contribution in [0.2, 0.25) is 0 Å². The van der Waals surface area contributed by atoms with Gasteiger partial charge in [0.05, 0.1) is 18.4 Å². The Labute approximate surface area is 185 Å². The largest absolute Gasteiger partial charge is 0.465 e. The normalized spacial score (nSPS) is 15.6. The Hall–Kier alpha value is -3.19. The number of aryl methyl sites for hydroxylation is 1. The Morgan fingerprint density at radius 3 is 2.78 bits per heavy atom. The summed E-state index contributed by atoms with van der Waals surface area (Å²) in [4.78, 5) is 14.6. The van der Waals surface area contributed by atoms with Crippen LogP contribution in [0.4, 0.5) is 4.39 Å². The third-order valence-electron chi connectivity index (χ3n) is 6.50. The lowest BCUT2D eigenvalue weighted by molar-refractivity contribution is 0.0602. The molecule has 0 spiro atoms. The minimum absolute atomic E-state index is 0.301. The van der Waals surface area contributed by atoms with Gasteiger partial charge in [0.25, 0.3) is 0 Å². The summed E-state index contributed by atoms with van der Waals surface area (Å²) < 4.78 is 25.8.